The number of rotatable bonds is 3. The topological polar surface area (TPSA) is 36.5 Å². The fourth-order valence-electron chi connectivity index (χ4n) is 5.22. The lowest BCUT2D eigenvalue weighted by atomic mass is 9.91. The standard InChI is InChI=1S/C17H31N3O/c1-4-15(17-12-21-10-7-18-17)16(5-1)19-13-6-9-20-8-2-3-14(20)11-13/h13-19H,1-12H2. The van der Waals surface area contributed by atoms with Gasteiger partial charge in [-0.3, -0.25) is 0 Å². The second kappa shape index (κ2) is 6.53. The van der Waals surface area contributed by atoms with Gasteiger partial charge < -0.3 is 20.3 Å². The first kappa shape index (κ1) is 14.4. The fraction of sp³-hybridized carbons (Fsp3) is 1.00. The molecular weight excluding hydrogens is 262 g/mol. The highest BCUT2D eigenvalue weighted by Crippen LogP contribution is 2.32. The van der Waals surface area contributed by atoms with Gasteiger partial charge in [0, 0.05) is 30.7 Å². The third-order valence-corrected chi connectivity index (χ3v) is 6.31. The molecule has 4 heteroatoms. The summed E-state index contributed by atoms with van der Waals surface area (Å²) in [6, 6.07) is 2.96. The smallest absolute Gasteiger partial charge is 0.0623 e. The number of ether oxygens (including phenoxy) is 1. The molecule has 4 nitrogen and oxygen atoms in total. The van der Waals surface area contributed by atoms with Crippen LogP contribution in [0.5, 0.6) is 0 Å². The molecule has 4 rings (SSSR count). The molecule has 0 aromatic rings. The van der Waals surface area contributed by atoms with Crippen molar-refractivity contribution in [2.24, 2.45) is 5.92 Å². The molecule has 5 atom stereocenters. The van der Waals surface area contributed by atoms with Crippen molar-refractivity contribution in [2.45, 2.75) is 69.1 Å². The lowest BCUT2D eigenvalue weighted by Crippen LogP contribution is -2.54. The average Bonchev–Trinajstić information content (AvgIpc) is 3.16. The molecule has 120 valence electrons. The zero-order chi connectivity index (χ0) is 14.1. The van der Waals surface area contributed by atoms with Crippen LogP contribution in [-0.2, 0) is 4.74 Å². The number of hydrogen-bond donors (Lipinski definition) is 2. The van der Waals surface area contributed by atoms with Crippen molar-refractivity contribution in [3.63, 3.8) is 0 Å². The molecule has 2 N–H and O–H groups in total. The zero-order valence-electron chi connectivity index (χ0n) is 13.2. The lowest BCUT2D eigenvalue weighted by molar-refractivity contribution is 0.0501. The minimum Gasteiger partial charge on any atom is -0.379 e. The van der Waals surface area contributed by atoms with Crippen molar-refractivity contribution in [1.29, 1.82) is 0 Å². The van der Waals surface area contributed by atoms with E-state index in [0.717, 1.165) is 43.8 Å². The van der Waals surface area contributed by atoms with Crippen LogP contribution in [0, 0.1) is 5.92 Å². The van der Waals surface area contributed by atoms with Gasteiger partial charge in [-0.2, -0.15) is 0 Å². The highest BCUT2D eigenvalue weighted by atomic mass is 16.5. The van der Waals surface area contributed by atoms with Crippen molar-refractivity contribution < 1.29 is 4.74 Å². The van der Waals surface area contributed by atoms with Gasteiger partial charge in [-0.1, -0.05) is 6.42 Å². The van der Waals surface area contributed by atoms with Crippen molar-refractivity contribution in [2.75, 3.05) is 32.8 Å². The number of hydrogen-bond acceptors (Lipinski definition) is 4. The maximum absolute atomic E-state index is 5.69. The van der Waals surface area contributed by atoms with E-state index in [4.69, 9.17) is 4.74 Å². The molecule has 4 fully saturated rings. The Labute approximate surface area is 129 Å². The largest absolute Gasteiger partial charge is 0.379 e. The fourth-order valence-corrected chi connectivity index (χ4v) is 5.22. The molecule has 21 heavy (non-hydrogen) atoms. The number of piperidine rings is 1. The van der Waals surface area contributed by atoms with Gasteiger partial charge in [0.1, 0.15) is 0 Å². The van der Waals surface area contributed by atoms with E-state index in [1.54, 1.807) is 0 Å². The van der Waals surface area contributed by atoms with E-state index >= 15 is 0 Å². The first-order chi connectivity index (χ1) is 10.4. The molecule has 4 aliphatic rings. The predicted octanol–water partition coefficient (Wildman–Crippen LogP) is 1.36. The third kappa shape index (κ3) is 3.14. The van der Waals surface area contributed by atoms with Gasteiger partial charge in [-0.05, 0) is 57.5 Å². The summed E-state index contributed by atoms with van der Waals surface area (Å²) >= 11 is 0. The van der Waals surface area contributed by atoms with Crippen molar-refractivity contribution in [1.82, 2.24) is 15.5 Å². The van der Waals surface area contributed by atoms with Gasteiger partial charge in [0.05, 0.1) is 13.2 Å². The van der Waals surface area contributed by atoms with E-state index in [0.29, 0.717) is 6.04 Å². The normalized spacial score (nSPS) is 44.9. The summed E-state index contributed by atoms with van der Waals surface area (Å²) < 4.78 is 5.69. The van der Waals surface area contributed by atoms with Gasteiger partial charge in [0.15, 0.2) is 0 Å². The Hall–Kier alpha value is -0.160. The van der Waals surface area contributed by atoms with Gasteiger partial charge in [-0.15, -0.1) is 0 Å². The van der Waals surface area contributed by atoms with E-state index in [1.807, 2.05) is 0 Å². The molecule has 3 heterocycles. The van der Waals surface area contributed by atoms with E-state index in [9.17, 15) is 0 Å². The molecule has 0 aromatic heterocycles. The van der Waals surface area contributed by atoms with Crippen LogP contribution in [0.2, 0.25) is 0 Å². The maximum Gasteiger partial charge on any atom is 0.0623 e. The summed E-state index contributed by atoms with van der Waals surface area (Å²) in [5.74, 6) is 0.784. The minimum atomic E-state index is 0.588. The van der Waals surface area contributed by atoms with E-state index in [2.05, 4.69) is 15.5 Å². The Morgan fingerprint density at radius 3 is 2.95 bits per heavy atom. The first-order valence-electron chi connectivity index (χ1n) is 9.21. The van der Waals surface area contributed by atoms with Crippen LogP contribution >= 0.6 is 0 Å². The Morgan fingerprint density at radius 1 is 1.05 bits per heavy atom. The van der Waals surface area contributed by atoms with Gasteiger partial charge >= 0.3 is 0 Å². The molecule has 3 saturated heterocycles. The average molecular weight is 293 g/mol. The van der Waals surface area contributed by atoms with Gasteiger partial charge in [-0.25, -0.2) is 0 Å². The van der Waals surface area contributed by atoms with E-state index in [-0.39, 0.29) is 0 Å². The molecule has 3 aliphatic heterocycles. The first-order valence-corrected chi connectivity index (χ1v) is 9.21. The molecule has 0 bridgehead atoms. The SMILES string of the molecule is C1CC(NC2CCN3CCCC3C2)C(C2COCCN2)C1. The molecule has 5 unspecified atom stereocenters. The van der Waals surface area contributed by atoms with Crippen LogP contribution in [0.25, 0.3) is 0 Å². The summed E-state index contributed by atoms with van der Waals surface area (Å²) in [5, 5.41) is 7.75. The predicted molar refractivity (Wildman–Crippen MR) is 84.5 cm³/mol. The van der Waals surface area contributed by atoms with Crippen LogP contribution in [-0.4, -0.2) is 61.9 Å². The minimum absolute atomic E-state index is 0.588. The molecule has 1 saturated carbocycles. The van der Waals surface area contributed by atoms with E-state index < -0.39 is 0 Å². The van der Waals surface area contributed by atoms with Gasteiger partial charge in [0.2, 0.25) is 0 Å². The number of nitrogens with zero attached hydrogens (tertiary/aromatic N) is 1. The summed E-state index contributed by atoms with van der Waals surface area (Å²) in [6.45, 7) is 5.52. The molecular formula is C17H31N3O. The molecule has 0 spiro atoms. The second-order valence-electron chi connectivity index (χ2n) is 7.56. The number of fused-ring (bicyclic) bond motifs is 1. The summed E-state index contributed by atoms with van der Waals surface area (Å²) in [5.41, 5.74) is 0. The lowest BCUT2D eigenvalue weighted by Gasteiger charge is -2.39. The van der Waals surface area contributed by atoms with Crippen molar-refractivity contribution in [3.05, 3.63) is 0 Å². The second-order valence-corrected chi connectivity index (χ2v) is 7.56. The Kier molecular flexibility index (Phi) is 4.49. The maximum atomic E-state index is 5.69. The van der Waals surface area contributed by atoms with Crippen LogP contribution in [0.4, 0.5) is 0 Å². The van der Waals surface area contributed by atoms with Crippen LogP contribution in [0.1, 0.15) is 44.9 Å². The summed E-state index contributed by atoms with van der Waals surface area (Å²) in [6.07, 6.45) is 9.74. The quantitative estimate of drug-likeness (QED) is 0.824. The highest BCUT2D eigenvalue weighted by Gasteiger charge is 2.38. The van der Waals surface area contributed by atoms with E-state index in [1.165, 1.54) is 58.0 Å². The monoisotopic (exact) mass is 293 g/mol. The number of nitrogens with one attached hydrogen (secondary N) is 2. The highest BCUT2D eigenvalue weighted by molar-refractivity contribution is 4.96. The summed E-state index contributed by atoms with van der Waals surface area (Å²) in [4.78, 5) is 2.72. The third-order valence-electron chi connectivity index (χ3n) is 6.31. The molecule has 0 amide bonds. The Morgan fingerprint density at radius 2 is 2.05 bits per heavy atom. The summed E-state index contributed by atoms with van der Waals surface area (Å²) in [7, 11) is 0. The van der Waals surface area contributed by atoms with Crippen LogP contribution < -0.4 is 10.6 Å². The molecule has 0 radical (unpaired) electrons. The zero-order valence-corrected chi connectivity index (χ0v) is 13.2. The number of morpholine rings is 1. The van der Waals surface area contributed by atoms with Crippen molar-refractivity contribution >= 4 is 0 Å². The van der Waals surface area contributed by atoms with Crippen LogP contribution in [0.3, 0.4) is 0 Å². The Bertz CT molecular complexity index is 345. The molecule has 0 aromatic carbocycles. The molecule has 1 aliphatic carbocycles. The van der Waals surface area contributed by atoms with Gasteiger partial charge in [0.25, 0.3) is 0 Å². The van der Waals surface area contributed by atoms with Crippen LogP contribution in [0.15, 0.2) is 0 Å². The Balaban J connectivity index is 1.32. The van der Waals surface area contributed by atoms with Crippen molar-refractivity contribution in [3.8, 4) is 0 Å².